The standard InChI is InChI=1S/C16H19NO2/c1-18-15-9-7-14(8-10-15)16(17)12-19-11-13-5-3-2-4-6-13/h2-10,16H,11-12,17H2,1H3. The number of hydrogen-bond donors (Lipinski definition) is 1. The van der Waals surface area contributed by atoms with E-state index in [9.17, 15) is 0 Å². The fourth-order valence-corrected chi connectivity index (χ4v) is 1.83. The first-order valence-corrected chi connectivity index (χ1v) is 6.31. The molecule has 1 atom stereocenters. The van der Waals surface area contributed by atoms with E-state index in [-0.39, 0.29) is 6.04 Å². The molecule has 0 heterocycles. The summed E-state index contributed by atoms with van der Waals surface area (Å²) in [5, 5.41) is 0. The predicted molar refractivity (Wildman–Crippen MR) is 76.0 cm³/mol. The molecule has 2 N–H and O–H groups in total. The summed E-state index contributed by atoms with van der Waals surface area (Å²) in [5.74, 6) is 0.834. The largest absolute Gasteiger partial charge is 0.497 e. The van der Waals surface area contributed by atoms with E-state index in [4.69, 9.17) is 15.2 Å². The Morgan fingerprint density at radius 2 is 1.68 bits per heavy atom. The monoisotopic (exact) mass is 257 g/mol. The molecule has 0 saturated heterocycles. The maximum Gasteiger partial charge on any atom is 0.118 e. The first-order valence-electron chi connectivity index (χ1n) is 6.31. The SMILES string of the molecule is COc1ccc(C(N)COCc2ccccc2)cc1. The van der Waals surface area contributed by atoms with Crippen LogP contribution >= 0.6 is 0 Å². The molecule has 2 aromatic carbocycles. The van der Waals surface area contributed by atoms with Crippen LogP contribution in [0.5, 0.6) is 5.75 Å². The van der Waals surface area contributed by atoms with E-state index in [2.05, 4.69) is 0 Å². The highest BCUT2D eigenvalue weighted by Crippen LogP contribution is 2.16. The minimum absolute atomic E-state index is 0.116. The van der Waals surface area contributed by atoms with Crippen LogP contribution in [-0.4, -0.2) is 13.7 Å². The van der Waals surface area contributed by atoms with Gasteiger partial charge in [-0.1, -0.05) is 42.5 Å². The van der Waals surface area contributed by atoms with Crippen molar-refractivity contribution < 1.29 is 9.47 Å². The van der Waals surface area contributed by atoms with Crippen LogP contribution in [0.15, 0.2) is 54.6 Å². The Labute approximate surface area is 114 Å². The van der Waals surface area contributed by atoms with Gasteiger partial charge in [0.05, 0.1) is 26.4 Å². The van der Waals surface area contributed by atoms with Gasteiger partial charge in [0.2, 0.25) is 0 Å². The van der Waals surface area contributed by atoms with Gasteiger partial charge in [-0.3, -0.25) is 0 Å². The van der Waals surface area contributed by atoms with Crippen molar-refractivity contribution in [3.8, 4) is 5.75 Å². The summed E-state index contributed by atoms with van der Waals surface area (Å²) in [6, 6.07) is 17.7. The zero-order chi connectivity index (χ0) is 13.5. The molecule has 0 spiro atoms. The lowest BCUT2D eigenvalue weighted by molar-refractivity contribution is 0.108. The van der Waals surface area contributed by atoms with E-state index < -0.39 is 0 Å². The van der Waals surface area contributed by atoms with Crippen LogP contribution in [0.1, 0.15) is 17.2 Å². The average molecular weight is 257 g/mol. The third-order valence-corrected chi connectivity index (χ3v) is 2.95. The highest BCUT2D eigenvalue weighted by molar-refractivity contribution is 5.28. The summed E-state index contributed by atoms with van der Waals surface area (Å²) in [7, 11) is 1.65. The number of rotatable bonds is 6. The molecule has 0 bridgehead atoms. The van der Waals surface area contributed by atoms with Crippen LogP contribution in [0.4, 0.5) is 0 Å². The van der Waals surface area contributed by atoms with Gasteiger partial charge in [0.15, 0.2) is 0 Å². The van der Waals surface area contributed by atoms with Crippen molar-refractivity contribution in [2.45, 2.75) is 12.6 Å². The molecule has 100 valence electrons. The van der Waals surface area contributed by atoms with Crippen LogP contribution in [0.3, 0.4) is 0 Å². The molecule has 0 aliphatic heterocycles. The zero-order valence-electron chi connectivity index (χ0n) is 11.1. The van der Waals surface area contributed by atoms with Crippen LogP contribution < -0.4 is 10.5 Å². The molecule has 1 unspecified atom stereocenters. The van der Waals surface area contributed by atoms with E-state index in [0.29, 0.717) is 13.2 Å². The predicted octanol–water partition coefficient (Wildman–Crippen LogP) is 2.91. The van der Waals surface area contributed by atoms with E-state index >= 15 is 0 Å². The first-order chi connectivity index (χ1) is 9.29. The Bertz CT molecular complexity index is 482. The fraction of sp³-hybridized carbons (Fsp3) is 0.250. The Morgan fingerprint density at radius 3 is 2.32 bits per heavy atom. The summed E-state index contributed by atoms with van der Waals surface area (Å²) < 4.78 is 10.8. The smallest absolute Gasteiger partial charge is 0.118 e. The maximum absolute atomic E-state index is 6.08. The number of hydrogen-bond acceptors (Lipinski definition) is 3. The van der Waals surface area contributed by atoms with Crippen molar-refractivity contribution in [1.82, 2.24) is 0 Å². The number of methoxy groups -OCH3 is 1. The van der Waals surface area contributed by atoms with E-state index in [1.54, 1.807) is 7.11 Å². The third-order valence-electron chi connectivity index (χ3n) is 2.95. The lowest BCUT2D eigenvalue weighted by Crippen LogP contribution is -2.17. The molecule has 0 aliphatic rings. The lowest BCUT2D eigenvalue weighted by Gasteiger charge is -2.13. The highest BCUT2D eigenvalue weighted by Gasteiger charge is 2.06. The molecule has 0 amide bonds. The van der Waals surface area contributed by atoms with Crippen LogP contribution in [0.2, 0.25) is 0 Å². The lowest BCUT2D eigenvalue weighted by atomic mass is 10.1. The van der Waals surface area contributed by atoms with Crippen molar-refractivity contribution in [2.24, 2.45) is 5.73 Å². The summed E-state index contributed by atoms with van der Waals surface area (Å²) in [5.41, 5.74) is 8.29. The van der Waals surface area contributed by atoms with E-state index in [1.807, 2.05) is 54.6 Å². The molecular weight excluding hydrogens is 238 g/mol. The second kappa shape index (κ2) is 6.92. The molecule has 0 fully saturated rings. The molecule has 0 aliphatic carbocycles. The van der Waals surface area contributed by atoms with Gasteiger partial charge in [-0.15, -0.1) is 0 Å². The third kappa shape index (κ3) is 4.09. The van der Waals surface area contributed by atoms with Gasteiger partial charge in [0.25, 0.3) is 0 Å². The molecule has 0 saturated carbocycles. The quantitative estimate of drug-likeness (QED) is 0.865. The second-order valence-electron chi connectivity index (χ2n) is 4.38. The molecule has 3 heteroatoms. The molecular formula is C16H19NO2. The molecule has 2 rings (SSSR count). The maximum atomic E-state index is 6.08. The summed E-state index contributed by atoms with van der Waals surface area (Å²) in [6.45, 7) is 1.09. The van der Waals surface area contributed by atoms with Crippen LogP contribution in [-0.2, 0) is 11.3 Å². The van der Waals surface area contributed by atoms with Gasteiger partial charge >= 0.3 is 0 Å². The van der Waals surface area contributed by atoms with Crippen LogP contribution in [0.25, 0.3) is 0 Å². The van der Waals surface area contributed by atoms with Gasteiger partial charge in [0.1, 0.15) is 5.75 Å². The van der Waals surface area contributed by atoms with Crippen molar-refractivity contribution in [1.29, 1.82) is 0 Å². The molecule has 0 aromatic heterocycles. The molecule has 2 aromatic rings. The highest BCUT2D eigenvalue weighted by atomic mass is 16.5. The average Bonchev–Trinajstić information content (AvgIpc) is 2.48. The zero-order valence-corrected chi connectivity index (χ0v) is 11.1. The van der Waals surface area contributed by atoms with Crippen molar-refractivity contribution in [2.75, 3.05) is 13.7 Å². The van der Waals surface area contributed by atoms with Gasteiger partial charge in [0, 0.05) is 0 Å². The number of ether oxygens (including phenoxy) is 2. The Balaban J connectivity index is 1.82. The minimum atomic E-state index is -0.116. The van der Waals surface area contributed by atoms with Gasteiger partial charge in [-0.25, -0.2) is 0 Å². The Morgan fingerprint density at radius 1 is 1.00 bits per heavy atom. The molecule has 0 radical (unpaired) electrons. The first kappa shape index (κ1) is 13.6. The second-order valence-corrected chi connectivity index (χ2v) is 4.38. The summed E-state index contributed by atoms with van der Waals surface area (Å²) >= 11 is 0. The molecule has 19 heavy (non-hydrogen) atoms. The topological polar surface area (TPSA) is 44.5 Å². The number of nitrogens with two attached hydrogens (primary N) is 1. The van der Waals surface area contributed by atoms with Gasteiger partial charge in [-0.05, 0) is 23.3 Å². The Kier molecular flexibility index (Phi) is 4.95. The Hall–Kier alpha value is -1.84. The van der Waals surface area contributed by atoms with E-state index in [1.165, 1.54) is 0 Å². The summed E-state index contributed by atoms with van der Waals surface area (Å²) in [4.78, 5) is 0. The minimum Gasteiger partial charge on any atom is -0.497 e. The van der Waals surface area contributed by atoms with Crippen molar-refractivity contribution in [3.05, 3.63) is 65.7 Å². The van der Waals surface area contributed by atoms with Crippen molar-refractivity contribution >= 4 is 0 Å². The normalized spacial score (nSPS) is 12.1. The van der Waals surface area contributed by atoms with Crippen LogP contribution in [0, 0.1) is 0 Å². The van der Waals surface area contributed by atoms with E-state index in [0.717, 1.165) is 16.9 Å². The van der Waals surface area contributed by atoms with Crippen molar-refractivity contribution in [3.63, 3.8) is 0 Å². The van der Waals surface area contributed by atoms with Gasteiger partial charge < -0.3 is 15.2 Å². The number of benzene rings is 2. The molecule has 3 nitrogen and oxygen atoms in total. The fourth-order valence-electron chi connectivity index (χ4n) is 1.83. The van der Waals surface area contributed by atoms with Gasteiger partial charge in [-0.2, -0.15) is 0 Å². The summed E-state index contributed by atoms with van der Waals surface area (Å²) in [6.07, 6.45) is 0.